The first-order valence-corrected chi connectivity index (χ1v) is 6.33. The number of hydrogen-bond donors (Lipinski definition) is 2. The topological polar surface area (TPSA) is 50.4 Å². The van der Waals surface area contributed by atoms with E-state index in [0.717, 1.165) is 19.5 Å². The third-order valence-corrected chi connectivity index (χ3v) is 3.13. The zero-order chi connectivity index (χ0) is 12.8. The SMILES string of the molecule is CC1(OCC(=O)NCCc2ccccc2)CNC1. The van der Waals surface area contributed by atoms with Gasteiger partial charge < -0.3 is 15.4 Å². The minimum absolute atomic E-state index is 0.0425. The molecule has 1 saturated heterocycles. The van der Waals surface area contributed by atoms with Crippen LogP contribution in [0.25, 0.3) is 0 Å². The van der Waals surface area contributed by atoms with Crippen molar-refractivity contribution in [1.82, 2.24) is 10.6 Å². The molecule has 98 valence electrons. The van der Waals surface area contributed by atoms with Crippen molar-refractivity contribution in [3.63, 3.8) is 0 Å². The predicted octanol–water partition coefficient (Wildman–Crippen LogP) is 0.724. The largest absolute Gasteiger partial charge is 0.363 e. The maximum atomic E-state index is 11.6. The lowest BCUT2D eigenvalue weighted by molar-refractivity contribution is -0.135. The average Bonchev–Trinajstić information content (AvgIpc) is 2.35. The highest BCUT2D eigenvalue weighted by atomic mass is 16.5. The molecule has 1 aliphatic heterocycles. The summed E-state index contributed by atoms with van der Waals surface area (Å²) in [4.78, 5) is 11.6. The second-order valence-corrected chi connectivity index (χ2v) is 4.93. The molecule has 0 aliphatic carbocycles. The third-order valence-electron chi connectivity index (χ3n) is 3.13. The van der Waals surface area contributed by atoms with E-state index < -0.39 is 0 Å². The van der Waals surface area contributed by atoms with E-state index in [1.165, 1.54) is 5.56 Å². The molecular formula is C14H20N2O2. The molecule has 4 nitrogen and oxygen atoms in total. The fraction of sp³-hybridized carbons (Fsp3) is 0.500. The van der Waals surface area contributed by atoms with Crippen LogP contribution in [0.2, 0.25) is 0 Å². The van der Waals surface area contributed by atoms with Crippen molar-refractivity contribution in [3.8, 4) is 0 Å². The molecule has 0 bridgehead atoms. The number of rotatable bonds is 6. The van der Waals surface area contributed by atoms with E-state index in [9.17, 15) is 4.79 Å². The van der Waals surface area contributed by atoms with Gasteiger partial charge in [-0.25, -0.2) is 0 Å². The summed E-state index contributed by atoms with van der Waals surface area (Å²) in [6, 6.07) is 10.1. The standard InChI is InChI=1S/C14H20N2O2/c1-14(10-15-11-14)18-9-13(17)16-8-7-12-5-3-2-4-6-12/h2-6,15H,7-11H2,1H3,(H,16,17). The van der Waals surface area contributed by atoms with Crippen molar-refractivity contribution >= 4 is 5.91 Å². The predicted molar refractivity (Wildman–Crippen MR) is 70.4 cm³/mol. The lowest BCUT2D eigenvalue weighted by atomic mass is 10.0. The van der Waals surface area contributed by atoms with E-state index in [1.807, 2.05) is 25.1 Å². The molecule has 1 fully saturated rings. The quantitative estimate of drug-likeness (QED) is 0.780. The van der Waals surface area contributed by atoms with Crippen LogP contribution in [-0.2, 0) is 16.0 Å². The Labute approximate surface area is 108 Å². The number of amides is 1. The van der Waals surface area contributed by atoms with Gasteiger partial charge in [0, 0.05) is 19.6 Å². The van der Waals surface area contributed by atoms with Gasteiger partial charge in [0.1, 0.15) is 6.61 Å². The van der Waals surface area contributed by atoms with Crippen molar-refractivity contribution in [2.75, 3.05) is 26.2 Å². The normalized spacial score (nSPS) is 16.9. The van der Waals surface area contributed by atoms with E-state index in [-0.39, 0.29) is 18.1 Å². The van der Waals surface area contributed by atoms with Gasteiger partial charge in [0.2, 0.25) is 5.91 Å². The van der Waals surface area contributed by atoms with Gasteiger partial charge >= 0.3 is 0 Å². The van der Waals surface area contributed by atoms with Crippen LogP contribution in [-0.4, -0.2) is 37.7 Å². The second-order valence-electron chi connectivity index (χ2n) is 4.93. The van der Waals surface area contributed by atoms with Crippen molar-refractivity contribution in [1.29, 1.82) is 0 Å². The molecule has 1 heterocycles. The average molecular weight is 248 g/mol. The van der Waals surface area contributed by atoms with Crippen molar-refractivity contribution in [2.24, 2.45) is 0 Å². The number of carbonyl (C=O) groups is 1. The van der Waals surface area contributed by atoms with Crippen LogP contribution in [0.3, 0.4) is 0 Å². The minimum Gasteiger partial charge on any atom is -0.363 e. The number of benzene rings is 1. The Kier molecular flexibility index (Phi) is 4.33. The molecule has 0 radical (unpaired) electrons. The first-order chi connectivity index (χ1) is 8.68. The number of ether oxygens (including phenoxy) is 1. The van der Waals surface area contributed by atoms with E-state index >= 15 is 0 Å². The maximum absolute atomic E-state index is 11.6. The highest BCUT2D eigenvalue weighted by molar-refractivity contribution is 5.77. The number of nitrogens with one attached hydrogen (secondary N) is 2. The van der Waals surface area contributed by atoms with E-state index in [4.69, 9.17) is 4.74 Å². The second kappa shape index (κ2) is 5.98. The Morgan fingerprint density at radius 3 is 2.72 bits per heavy atom. The molecule has 0 aromatic heterocycles. The Morgan fingerprint density at radius 1 is 1.39 bits per heavy atom. The third kappa shape index (κ3) is 3.82. The lowest BCUT2D eigenvalue weighted by Crippen LogP contribution is -2.59. The zero-order valence-electron chi connectivity index (χ0n) is 10.7. The van der Waals surface area contributed by atoms with Gasteiger partial charge in [0.15, 0.2) is 0 Å². The summed E-state index contributed by atoms with van der Waals surface area (Å²) in [5, 5.41) is 6.00. The molecule has 2 rings (SSSR count). The highest BCUT2D eigenvalue weighted by Gasteiger charge is 2.32. The van der Waals surface area contributed by atoms with E-state index in [2.05, 4.69) is 22.8 Å². The smallest absolute Gasteiger partial charge is 0.246 e. The van der Waals surface area contributed by atoms with Crippen LogP contribution in [0.4, 0.5) is 0 Å². The first kappa shape index (κ1) is 13.1. The van der Waals surface area contributed by atoms with E-state index in [1.54, 1.807) is 0 Å². The minimum atomic E-state index is -0.156. The van der Waals surface area contributed by atoms with Crippen LogP contribution < -0.4 is 10.6 Å². The van der Waals surface area contributed by atoms with Crippen molar-refractivity contribution < 1.29 is 9.53 Å². The summed E-state index contributed by atoms with van der Waals surface area (Å²) >= 11 is 0. The molecule has 1 aliphatic rings. The number of hydrogen-bond acceptors (Lipinski definition) is 3. The maximum Gasteiger partial charge on any atom is 0.246 e. The molecule has 1 aromatic carbocycles. The van der Waals surface area contributed by atoms with Gasteiger partial charge in [-0.3, -0.25) is 4.79 Å². The van der Waals surface area contributed by atoms with Crippen LogP contribution >= 0.6 is 0 Å². The van der Waals surface area contributed by atoms with Crippen LogP contribution in [0.15, 0.2) is 30.3 Å². The highest BCUT2D eigenvalue weighted by Crippen LogP contribution is 2.14. The summed E-state index contributed by atoms with van der Waals surface area (Å²) in [5.41, 5.74) is 1.07. The fourth-order valence-corrected chi connectivity index (χ4v) is 1.86. The lowest BCUT2D eigenvalue weighted by Gasteiger charge is -2.38. The molecule has 1 amide bonds. The van der Waals surface area contributed by atoms with Crippen molar-refractivity contribution in [3.05, 3.63) is 35.9 Å². The Hall–Kier alpha value is -1.39. The Bertz CT molecular complexity index is 388. The molecule has 0 unspecified atom stereocenters. The van der Waals surface area contributed by atoms with Crippen LogP contribution in [0.5, 0.6) is 0 Å². The van der Waals surface area contributed by atoms with Crippen LogP contribution in [0, 0.1) is 0 Å². The molecule has 2 N–H and O–H groups in total. The number of carbonyl (C=O) groups excluding carboxylic acids is 1. The summed E-state index contributed by atoms with van der Waals surface area (Å²) in [6.45, 7) is 4.46. The molecule has 1 aromatic rings. The van der Waals surface area contributed by atoms with E-state index in [0.29, 0.717) is 6.54 Å². The molecule has 0 spiro atoms. The molecule has 0 atom stereocenters. The summed E-state index contributed by atoms with van der Waals surface area (Å²) in [7, 11) is 0. The van der Waals surface area contributed by atoms with Crippen LogP contribution in [0.1, 0.15) is 12.5 Å². The molecule has 0 saturated carbocycles. The molecule has 18 heavy (non-hydrogen) atoms. The zero-order valence-corrected chi connectivity index (χ0v) is 10.7. The van der Waals surface area contributed by atoms with Crippen molar-refractivity contribution in [2.45, 2.75) is 18.9 Å². The molecule has 4 heteroatoms. The Balaban J connectivity index is 1.60. The Morgan fingerprint density at radius 2 is 2.11 bits per heavy atom. The first-order valence-electron chi connectivity index (χ1n) is 6.33. The van der Waals surface area contributed by atoms with Gasteiger partial charge in [-0.2, -0.15) is 0 Å². The monoisotopic (exact) mass is 248 g/mol. The van der Waals surface area contributed by atoms with Gasteiger partial charge in [-0.05, 0) is 18.9 Å². The summed E-state index contributed by atoms with van der Waals surface area (Å²) < 4.78 is 5.56. The summed E-state index contributed by atoms with van der Waals surface area (Å²) in [6.07, 6.45) is 0.853. The fourth-order valence-electron chi connectivity index (χ4n) is 1.86. The summed E-state index contributed by atoms with van der Waals surface area (Å²) in [5.74, 6) is -0.0425. The van der Waals surface area contributed by atoms with Gasteiger partial charge in [0.05, 0.1) is 5.60 Å². The molecular weight excluding hydrogens is 228 g/mol. The van der Waals surface area contributed by atoms with Gasteiger partial charge in [-0.15, -0.1) is 0 Å². The van der Waals surface area contributed by atoms with Gasteiger partial charge in [-0.1, -0.05) is 30.3 Å². The van der Waals surface area contributed by atoms with Gasteiger partial charge in [0.25, 0.3) is 0 Å².